The molecule has 3 aromatic rings. The minimum absolute atomic E-state index is 0.0184. The summed E-state index contributed by atoms with van der Waals surface area (Å²) in [6.45, 7) is 6.81. The summed E-state index contributed by atoms with van der Waals surface area (Å²) in [7, 11) is 1.82. The number of halogens is 1. The van der Waals surface area contributed by atoms with Crippen molar-refractivity contribution in [3.05, 3.63) is 71.3 Å². The predicted molar refractivity (Wildman–Crippen MR) is 134 cm³/mol. The van der Waals surface area contributed by atoms with Crippen LogP contribution in [0, 0.1) is 12.7 Å². The standard InChI is InChI=1S/C26H32FN5OS/c1-19-7-9-21(10-8-19)17-30(3)24(33)18-34-26-29-28-25(20(2)31-15-5-4-6-16-31)32(26)23-13-11-22(27)12-14-23/h7-14,20H,4-6,15-18H2,1-3H3. The van der Waals surface area contributed by atoms with Crippen LogP contribution in [-0.4, -0.2) is 56.4 Å². The van der Waals surface area contributed by atoms with E-state index in [-0.39, 0.29) is 23.5 Å². The second-order valence-corrected chi connectivity index (χ2v) is 9.89. The van der Waals surface area contributed by atoms with E-state index in [2.05, 4.69) is 34.2 Å². The molecule has 2 aromatic carbocycles. The van der Waals surface area contributed by atoms with Crippen LogP contribution in [0.25, 0.3) is 5.69 Å². The van der Waals surface area contributed by atoms with Gasteiger partial charge >= 0.3 is 0 Å². The van der Waals surface area contributed by atoms with Crippen molar-refractivity contribution >= 4 is 17.7 Å². The van der Waals surface area contributed by atoms with Crippen LogP contribution in [0.5, 0.6) is 0 Å². The first kappa shape index (κ1) is 24.4. The van der Waals surface area contributed by atoms with Gasteiger partial charge in [-0.2, -0.15) is 0 Å². The van der Waals surface area contributed by atoms with Gasteiger partial charge in [0.2, 0.25) is 5.91 Å². The monoisotopic (exact) mass is 481 g/mol. The highest BCUT2D eigenvalue weighted by Crippen LogP contribution is 2.29. The number of rotatable bonds is 8. The first-order valence-electron chi connectivity index (χ1n) is 11.8. The average Bonchev–Trinajstić information content (AvgIpc) is 3.28. The van der Waals surface area contributed by atoms with Crippen molar-refractivity contribution in [3.8, 4) is 5.69 Å². The Morgan fingerprint density at radius 1 is 1.06 bits per heavy atom. The van der Waals surface area contributed by atoms with Gasteiger partial charge in [0.25, 0.3) is 0 Å². The van der Waals surface area contributed by atoms with Gasteiger partial charge in [0.05, 0.1) is 11.8 Å². The number of benzene rings is 2. The molecule has 34 heavy (non-hydrogen) atoms. The Morgan fingerprint density at radius 3 is 2.41 bits per heavy atom. The summed E-state index contributed by atoms with van der Waals surface area (Å²) in [5, 5.41) is 9.60. The quantitative estimate of drug-likeness (QED) is 0.423. The number of amides is 1. The summed E-state index contributed by atoms with van der Waals surface area (Å²) in [6, 6.07) is 14.6. The molecule has 1 aliphatic rings. The molecule has 1 atom stereocenters. The number of likely N-dealkylation sites (tertiary alicyclic amines) is 1. The summed E-state index contributed by atoms with van der Waals surface area (Å²) >= 11 is 1.37. The summed E-state index contributed by atoms with van der Waals surface area (Å²) in [5.74, 6) is 0.797. The maximum atomic E-state index is 13.6. The van der Waals surface area contributed by atoms with Crippen molar-refractivity contribution in [2.24, 2.45) is 0 Å². The molecule has 6 nitrogen and oxygen atoms in total. The summed E-state index contributed by atoms with van der Waals surface area (Å²) in [6.07, 6.45) is 3.62. The van der Waals surface area contributed by atoms with Gasteiger partial charge in [0, 0.05) is 19.3 Å². The molecule has 8 heteroatoms. The zero-order valence-electron chi connectivity index (χ0n) is 20.1. The van der Waals surface area contributed by atoms with Crippen LogP contribution >= 0.6 is 11.8 Å². The molecule has 0 aliphatic carbocycles. The molecule has 180 valence electrons. The summed E-state index contributed by atoms with van der Waals surface area (Å²) < 4.78 is 15.6. The Balaban J connectivity index is 1.51. The van der Waals surface area contributed by atoms with Crippen molar-refractivity contribution < 1.29 is 9.18 Å². The zero-order chi connectivity index (χ0) is 24.1. The maximum absolute atomic E-state index is 13.6. The molecule has 1 aliphatic heterocycles. The van der Waals surface area contributed by atoms with E-state index in [9.17, 15) is 9.18 Å². The lowest BCUT2D eigenvalue weighted by atomic mass is 10.1. The van der Waals surface area contributed by atoms with E-state index < -0.39 is 0 Å². The van der Waals surface area contributed by atoms with Gasteiger partial charge in [-0.25, -0.2) is 4.39 Å². The Labute approximate surface area is 205 Å². The first-order chi connectivity index (χ1) is 16.4. The molecule has 1 aromatic heterocycles. The topological polar surface area (TPSA) is 54.3 Å². The van der Waals surface area contributed by atoms with E-state index in [0.29, 0.717) is 11.7 Å². The molecule has 1 unspecified atom stereocenters. The molecule has 0 spiro atoms. The van der Waals surface area contributed by atoms with E-state index in [4.69, 9.17) is 0 Å². The lowest BCUT2D eigenvalue weighted by Crippen LogP contribution is -2.33. The van der Waals surface area contributed by atoms with E-state index in [1.54, 1.807) is 17.0 Å². The Hall–Kier alpha value is -2.71. The van der Waals surface area contributed by atoms with Gasteiger partial charge < -0.3 is 4.90 Å². The molecular weight excluding hydrogens is 449 g/mol. The number of hydrogen-bond donors (Lipinski definition) is 0. The fourth-order valence-corrected chi connectivity index (χ4v) is 5.14. The molecule has 2 heterocycles. The fraction of sp³-hybridized carbons (Fsp3) is 0.423. The van der Waals surface area contributed by atoms with Gasteiger partial charge in [-0.3, -0.25) is 14.3 Å². The largest absolute Gasteiger partial charge is 0.341 e. The van der Waals surface area contributed by atoms with Crippen molar-refractivity contribution in [1.82, 2.24) is 24.6 Å². The van der Waals surface area contributed by atoms with E-state index in [0.717, 1.165) is 30.2 Å². The van der Waals surface area contributed by atoms with E-state index >= 15 is 0 Å². The molecule has 0 bridgehead atoms. The molecule has 0 radical (unpaired) electrons. The lowest BCUT2D eigenvalue weighted by molar-refractivity contribution is -0.127. The van der Waals surface area contributed by atoms with Gasteiger partial charge in [0.1, 0.15) is 5.82 Å². The van der Waals surface area contributed by atoms with E-state index in [1.807, 2.05) is 30.7 Å². The van der Waals surface area contributed by atoms with Crippen LogP contribution in [0.15, 0.2) is 53.7 Å². The highest BCUT2D eigenvalue weighted by Gasteiger charge is 2.26. The van der Waals surface area contributed by atoms with Crippen molar-refractivity contribution in [2.75, 3.05) is 25.9 Å². The summed E-state index contributed by atoms with van der Waals surface area (Å²) in [4.78, 5) is 17.0. The number of aryl methyl sites for hydroxylation is 1. The second-order valence-electron chi connectivity index (χ2n) is 8.95. The molecule has 0 N–H and O–H groups in total. The van der Waals surface area contributed by atoms with E-state index in [1.165, 1.54) is 48.7 Å². The van der Waals surface area contributed by atoms with Crippen molar-refractivity contribution in [1.29, 1.82) is 0 Å². The minimum atomic E-state index is -0.287. The number of carbonyl (C=O) groups excluding carboxylic acids is 1. The van der Waals surface area contributed by atoms with Crippen LogP contribution in [0.1, 0.15) is 49.2 Å². The van der Waals surface area contributed by atoms with Crippen molar-refractivity contribution in [3.63, 3.8) is 0 Å². The normalized spacial score (nSPS) is 15.3. The van der Waals surface area contributed by atoms with Crippen LogP contribution < -0.4 is 0 Å². The zero-order valence-corrected chi connectivity index (χ0v) is 20.9. The second kappa shape index (κ2) is 11.1. The average molecular weight is 482 g/mol. The number of hydrogen-bond acceptors (Lipinski definition) is 5. The van der Waals surface area contributed by atoms with Gasteiger partial charge in [-0.1, -0.05) is 48.0 Å². The fourth-order valence-electron chi connectivity index (χ4n) is 4.24. The molecule has 1 amide bonds. The highest BCUT2D eigenvalue weighted by molar-refractivity contribution is 7.99. The first-order valence-corrected chi connectivity index (χ1v) is 12.8. The number of carbonyl (C=O) groups is 1. The third-order valence-corrected chi connectivity index (χ3v) is 7.26. The summed E-state index contributed by atoms with van der Waals surface area (Å²) in [5.41, 5.74) is 3.09. The number of thioether (sulfide) groups is 1. The van der Waals surface area contributed by atoms with Gasteiger partial charge in [-0.05, 0) is 69.6 Å². The highest BCUT2D eigenvalue weighted by atomic mass is 32.2. The Morgan fingerprint density at radius 2 is 1.74 bits per heavy atom. The van der Waals surface area contributed by atoms with Crippen LogP contribution in [0.4, 0.5) is 4.39 Å². The predicted octanol–water partition coefficient (Wildman–Crippen LogP) is 5.01. The number of aromatic nitrogens is 3. The maximum Gasteiger partial charge on any atom is 0.233 e. The number of piperidine rings is 1. The Kier molecular flexibility index (Phi) is 8.00. The number of nitrogens with zero attached hydrogens (tertiary/aromatic N) is 5. The molecule has 0 saturated carbocycles. The third kappa shape index (κ3) is 5.85. The van der Waals surface area contributed by atoms with Crippen LogP contribution in [-0.2, 0) is 11.3 Å². The SMILES string of the molecule is Cc1ccc(CN(C)C(=O)CSc2nnc(C(C)N3CCCCC3)n2-c2ccc(F)cc2)cc1. The minimum Gasteiger partial charge on any atom is -0.341 e. The molecule has 4 rings (SSSR count). The van der Waals surface area contributed by atoms with Gasteiger partial charge in [-0.15, -0.1) is 10.2 Å². The Bertz CT molecular complexity index is 1090. The third-order valence-electron chi connectivity index (χ3n) is 6.35. The van der Waals surface area contributed by atoms with Crippen LogP contribution in [0.2, 0.25) is 0 Å². The van der Waals surface area contributed by atoms with Crippen LogP contribution in [0.3, 0.4) is 0 Å². The smallest absolute Gasteiger partial charge is 0.233 e. The molecular formula is C26H32FN5OS. The van der Waals surface area contributed by atoms with Gasteiger partial charge in [0.15, 0.2) is 11.0 Å². The van der Waals surface area contributed by atoms with Crippen molar-refractivity contribution in [2.45, 2.75) is 50.9 Å². The molecule has 1 fully saturated rings. The lowest BCUT2D eigenvalue weighted by Gasteiger charge is -2.31. The molecule has 1 saturated heterocycles.